The molecule has 0 radical (unpaired) electrons. The summed E-state index contributed by atoms with van der Waals surface area (Å²) in [6, 6.07) is 5.61. The van der Waals surface area contributed by atoms with Gasteiger partial charge in [-0.05, 0) is 31.0 Å². The number of benzene rings is 1. The molecule has 122 valence electrons. The Balaban J connectivity index is 1.46. The summed E-state index contributed by atoms with van der Waals surface area (Å²) in [4.78, 5) is 11.8. The predicted molar refractivity (Wildman–Crippen MR) is 86.1 cm³/mol. The summed E-state index contributed by atoms with van der Waals surface area (Å²) >= 11 is 0. The number of carbonyl (C=O) groups excluding carboxylic acids is 1. The smallest absolute Gasteiger partial charge is 0.319 e. The van der Waals surface area contributed by atoms with Gasteiger partial charge in [-0.2, -0.15) is 5.10 Å². The lowest BCUT2D eigenvalue weighted by Gasteiger charge is -2.18. The second-order valence-corrected chi connectivity index (χ2v) is 5.19. The number of hydrogen-bond acceptors (Lipinski definition) is 4. The molecule has 1 aliphatic heterocycles. The van der Waals surface area contributed by atoms with Crippen LogP contribution in [0.2, 0.25) is 0 Å². The summed E-state index contributed by atoms with van der Waals surface area (Å²) in [5.74, 6) is 1.55. The molecule has 2 heterocycles. The van der Waals surface area contributed by atoms with Crippen molar-refractivity contribution in [2.24, 2.45) is 0 Å². The topological polar surface area (TPSA) is 77.4 Å². The monoisotopic (exact) mass is 316 g/mol. The molecule has 7 heteroatoms. The Morgan fingerprint density at radius 3 is 2.91 bits per heavy atom. The Hall–Kier alpha value is -2.70. The normalized spacial score (nSPS) is 12.7. The average molecular weight is 316 g/mol. The van der Waals surface area contributed by atoms with Crippen molar-refractivity contribution in [3.05, 3.63) is 36.2 Å². The van der Waals surface area contributed by atoms with Gasteiger partial charge in [-0.25, -0.2) is 4.79 Å². The number of hydrogen-bond donors (Lipinski definition) is 2. The van der Waals surface area contributed by atoms with Gasteiger partial charge in [-0.1, -0.05) is 6.07 Å². The summed E-state index contributed by atoms with van der Waals surface area (Å²) in [6.45, 7) is 4.45. The highest BCUT2D eigenvalue weighted by atomic mass is 16.6. The zero-order valence-corrected chi connectivity index (χ0v) is 13.0. The van der Waals surface area contributed by atoms with Crippen LogP contribution < -0.4 is 20.1 Å². The van der Waals surface area contributed by atoms with Crippen molar-refractivity contribution in [3.63, 3.8) is 0 Å². The zero-order valence-electron chi connectivity index (χ0n) is 13.0. The van der Waals surface area contributed by atoms with Crippen LogP contribution in [0.25, 0.3) is 0 Å². The number of anilines is 1. The fraction of sp³-hybridized carbons (Fsp3) is 0.375. The van der Waals surface area contributed by atoms with Crippen LogP contribution in [0.1, 0.15) is 12.5 Å². The summed E-state index contributed by atoms with van der Waals surface area (Å²) in [5, 5.41) is 9.69. The highest BCUT2D eigenvalue weighted by Crippen LogP contribution is 2.30. The summed E-state index contributed by atoms with van der Waals surface area (Å²) in [7, 11) is 0. The predicted octanol–water partition coefficient (Wildman–Crippen LogP) is 2.04. The summed E-state index contributed by atoms with van der Waals surface area (Å²) < 4.78 is 12.8. The van der Waals surface area contributed by atoms with Crippen LogP contribution in [0.4, 0.5) is 10.5 Å². The number of rotatable bonds is 5. The molecule has 1 aromatic carbocycles. The average Bonchev–Trinajstić information content (AvgIpc) is 3.02. The van der Waals surface area contributed by atoms with Crippen LogP contribution in [0, 0.1) is 0 Å². The SMILES string of the molecule is CCn1cc(NC(=O)NCCc2ccc3c(c2)OCCO3)cn1. The maximum atomic E-state index is 11.8. The number of fused-ring (bicyclic) bond motifs is 1. The van der Waals surface area contributed by atoms with E-state index in [1.54, 1.807) is 17.1 Å². The van der Waals surface area contributed by atoms with Crippen molar-refractivity contribution in [1.29, 1.82) is 0 Å². The second kappa shape index (κ2) is 7.04. The number of aromatic nitrogens is 2. The van der Waals surface area contributed by atoms with E-state index in [9.17, 15) is 4.79 Å². The molecule has 0 spiro atoms. The van der Waals surface area contributed by atoms with Crippen molar-refractivity contribution < 1.29 is 14.3 Å². The van der Waals surface area contributed by atoms with Gasteiger partial charge in [-0.3, -0.25) is 4.68 Å². The quantitative estimate of drug-likeness (QED) is 0.885. The first kappa shape index (κ1) is 15.2. The van der Waals surface area contributed by atoms with Gasteiger partial charge in [-0.15, -0.1) is 0 Å². The van der Waals surface area contributed by atoms with Gasteiger partial charge < -0.3 is 20.1 Å². The largest absolute Gasteiger partial charge is 0.486 e. The van der Waals surface area contributed by atoms with Gasteiger partial charge in [0.1, 0.15) is 13.2 Å². The molecule has 0 saturated carbocycles. The number of ether oxygens (including phenoxy) is 2. The van der Waals surface area contributed by atoms with Crippen LogP contribution in [-0.4, -0.2) is 35.6 Å². The zero-order chi connectivity index (χ0) is 16.1. The van der Waals surface area contributed by atoms with Crippen molar-refractivity contribution in [2.75, 3.05) is 25.1 Å². The van der Waals surface area contributed by atoms with E-state index in [1.165, 1.54) is 0 Å². The molecular weight excluding hydrogens is 296 g/mol. The van der Waals surface area contributed by atoms with Crippen molar-refractivity contribution in [3.8, 4) is 11.5 Å². The second-order valence-electron chi connectivity index (χ2n) is 5.19. The number of carbonyl (C=O) groups is 1. The van der Waals surface area contributed by atoms with Crippen LogP contribution >= 0.6 is 0 Å². The summed E-state index contributed by atoms with van der Waals surface area (Å²) in [5.41, 5.74) is 1.78. The lowest BCUT2D eigenvalue weighted by molar-refractivity contribution is 0.171. The highest BCUT2D eigenvalue weighted by Gasteiger charge is 2.11. The maximum Gasteiger partial charge on any atom is 0.319 e. The van der Waals surface area contributed by atoms with Gasteiger partial charge in [0.15, 0.2) is 11.5 Å². The molecule has 0 atom stereocenters. The first-order chi connectivity index (χ1) is 11.2. The molecule has 7 nitrogen and oxygen atoms in total. The molecule has 0 aliphatic carbocycles. The first-order valence-corrected chi connectivity index (χ1v) is 7.70. The molecule has 1 aromatic heterocycles. The van der Waals surface area contributed by atoms with Crippen LogP contribution in [0.3, 0.4) is 0 Å². The van der Waals surface area contributed by atoms with E-state index < -0.39 is 0 Å². The molecule has 23 heavy (non-hydrogen) atoms. The molecule has 0 saturated heterocycles. The Bertz CT molecular complexity index is 684. The molecule has 0 fully saturated rings. The van der Waals surface area contributed by atoms with Gasteiger partial charge in [0.05, 0.1) is 11.9 Å². The number of aryl methyl sites for hydroxylation is 1. The van der Waals surface area contributed by atoms with Crippen LogP contribution in [0.5, 0.6) is 11.5 Å². The first-order valence-electron chi connectivity index (χ1n) is 7.70. The van der Waals surface area contributed by atoms with Gasteiger partial charge >= 0.3 is 6.03 Å². The molecule has 0 bridgehead atoms. The fourth-order valence-corrected chi connectivity index (χ4v) is 2.34. The third-order valence-electron chi connectivity index (χ3n) is 3.52. The van der Waals surface area contributed by atoms with Crippen molar-refractivity contribution in [1.82, 2.24) is 15.1 Å². The minimum Gasteiger partial charge on any atom is -0.486 e. The molecule has 2 amide bonds. The van der Waals surface area contributed by atoms with E-state index in [0.29, 0.717) is 25.4 Å². The van der Waals surface area contributed by atoms with Gasteiger partial charge in [0.25, 0.3) is 0 Å². The van der Waals surface area contributed by atoms with Gasteiger partial charge in [0, 0.05) is 19.3 Å². The highest BCUT2D eigenvalue weighted by molar-refractivity contribution is 5.88. The van der Waals surface area contributed by atoms with E-state index in [1.807, 2.05) is 25.1 Å². The van der Waals surface area contributed by atoms with Crippen molar-refractivity contribution in [2.45, 2.75) is 19.9 Å². The Morgan fingerprint density at radius 2 is 2.13 bits per heavy atom. The number of nitrogens with one attached hydrogen (secondary N) is 2. The van der Waals surface area contributed by atoms with Crippen molar-refractivity contribution >= 4 is 11.7 Å². The number of nitrogens with zero attached hydrogens (tertiary/aromatic N) is 2. The third-order valence-corrected chi connectivity index (χ3v) is 3.52. The van der Waals surface area contributed by atoms with E-state index in [-0.39, 0.29) is 6.03 Å². The lowest BCUT2D eigenvalue weighted by atomic mass is 10.1. The van der Waals surface area contributed by atoms with E-state index in [2.05, 4.69) is 15.7 Å². The molecule has 2 N–H and O–H groups in total. The Labute approximate surface area is 134 Å². The van der Waals surface area contributed by atoms with Gasteiger partial charge in [0.2, 0.25) is 0 Å². The fourth-order valence-electron chi connectivity index (χ4n) is 2.34. The number of urea groups is 1. The minimum absolute atomic E-state index is 0.238. The van der Waals surface area contributed by atoms with Crippen LogP contribution in [0.15, 0.2) is 30.6 Å². The molecule has 2 aromatic rings. The molecule has 1 aliphatic rings. The van der Waals surface area contributed by atoms with E-state index in [4.69, 9.17) is 9.47 Å². The lowest BCUT2D eigenvalue weighted by Crippen LogP contribution is -2.30. The standard InChI is InChI=1S/C16H20N4O3/c1-2-20-11-13(10-18-20)19-16(21)17-6-5-12-3-4-14-15(9-12)23-8-7-22-14/h3-4,9-11H,2,5-8H2,1H3,(H2,17,19,21). The summed E-state index contributed by atoms with van der Waals surface area (Å²) in [6.07, 6.45) is 4.14. The molecule has 0 unspecified atom stereocenters. The molecule has 3 rings (SSSR count). The third kappa shape index (κ3) is 3.94. The van der Waals surface area contributed by atoms with Crippen LogP contribution in [-0.2, 0) is 13.0 Å². The minimum atomic E-state index is -0.238. The molecular formula is C16H20N4O3. The number of amides is 2. The maximum absolute atomic E-state index is 11.8. The van der Waals surface area contributed by atoms with E-state index in [0.717, 1.165) is 30.0 Å². The van der Waals surface area contributed by atoms with E-state index >= 15 is 0 Å². The Morgan fingerprint density at radius 1 is 1.30 bits per heavy atom. The Kier molecular flexibility index (Phi) is 4.65.